The van der Waals surface area contributed by atoms with Crippen molar-refractivity contribution in [3.63, 3.8) is 0 Å². The van der Waals surface area contributed by atoms with E-state index in [-0.39, 0.29) is 36.0 Å². The number of hydrogen-bond acceptors (Lipinski definition) is 9. The molecule has 0 heterocycles. The third kappa shape index (κ3) is 5.02. The molecule has 2 aromatic carbocycles. The van der Waals surface area contributed by atoms with E-state index in [9.17, 15) is 9.59 Å². The minimum absolute atomic E-state index is 0.0476. The lowest BCUT2D eigenvalue weighted by molar-refractivity contribution is 0.0981. The highest BCUT2D eigenvalue weighted by molar-refractivity contribution is 6.33. The van der Waals surface area contributed by atoms with Crippen LogP contribution >= 0.6 is 0 Å². The molecule has 0 saturated carbocycles. The largest absolute Gasteiger partial charge is 0.398 e. The van der Waals surface area contributed by atoms with E-state index < -0.39 is 0 Å². The molecule has 1 aliphatic rings. The third-order valence-electron chi connectivity index (χ3n) is 5.04. The first-order valence-electron chi connectivity index (χ1n) is 10.4. The molecule has 0 aromatic heterocycles. The lowest BCUT2D eigenvalue weighted by Crippen LogP contribution is -2.29. The molecular weight excluding hydrogens is 398 g/mol. The van der Waals surface area contributed by atoms with E-state index in [2.05, 4.69) is 21.3 Å². The highest BCUT2D eigenvalue weighted by Crippen LogP contribution is 2.38. The van der Waals surface area contributed by atoms with E-state index in [4.69, 9.17) is 15.9 Å². The summed E-state index contributed by atoms with van der Waals surface area (Å²) in [7, 11) is 0. The Balaban J connectivity index is 1.92. The van der Waals surface area contributed by atoms with Gasteiger partial charge in [0.15, 0.2) is 11.6 Å². The third-order valence-corrected chi connectivity index (χ3v) is 5.04. The van der Waals surface area contributed by atoms with Crippen LogP contribution in [0.3, 0.4) is 0 Å². The summed E-state index contributed by atoms with van der Waals surface area (Å²) in [6.45, 7) is 3.29. The Morgan fingerprint density at radius 2 is 1.23 bits per heavy atom. The number of nitrogen functional groups attached to an aromatic ring is 1. The van der Waals surface area contributed by atoms with Crippen LogP contribution in [-0.4, -0.2) is 74.3 Å². The average molecular weight is 428 g/mol. The summed E-state index contributed by atoms with van der Waals surface area (Å²) in [6.07, 6.45) is 0. The first-order chi connectivity index (χ1) is 15.1. The second-order valence-corrected chi connectivity index (χ2v) is 7.14. The Kier molecular flexibility index (Phi) is 7.96. The molecule has 0 radical (unpaired) electrons. The van der Waals surface area contributed by atoms with Gasteiger partial charge in [-0.1, -0.05) is 12.1 Å². The quantitative estimate of drug-likeness (QED) is 0.157. The minimum atomic E-state index is -0.282. The molecule has 0 spiro atoms. The summed E-state index contributed by atoms with van der Waals surface area (Å²) < 4.78 is 0. The van der Waals surface area contributed by atoms with E-state index in [0.717, 1.165) is 0 Å². The highest BCUT2D eigenvalue weighted by Gasteiger charge is 2.35. The van der Waals surface area contributed by atoms with Gasteiger partial charge in [0, 0.05) is 61.9 Å². The molecule has 8 N–H and O–H groups in total. The fourth-order valence-corrected chi connectivity index (χ4v) is 3.62. The topological polar surface area (TPSA) is 149 Å². The van der Waals surface area contributed by atoms with E-state index in [1.807, 2.05) is 0 Å². The maximum atomic E-state index is 13.4. The number of benzene rings is 2. The predicted molar refractivity (Wildman–Crippen MR) is 121 cm³/mol. The van der Waals surface area contributed by atoms with E-state index >= 15 is 0 Å². The molecule has 0 atom stereocenters. The number of nitrogens with one attached hydrogen (secondary N) is 4. The molecule has 0 bridgehead atoms. The molecule has 166 valence electrons. The Hall–Kier alpha value is -2.98. The van der Waals surface area contributed by atoms with Gasteiger partial charge in [-0.05, 0) is 18.2 Å². The molecule has 0 saturated heterocycles. The molecular formula is C22H29N5O4. The first kappa shape index (κ1) is 22.7. The maximum absolute atomic E-state index is 13.4. The molecule has 9 nitrogen and oxygen atoms in total. The number of carbonyl (C=O) groups excluding carboxylic acids is 2. The highest BCUT2D eigenvalue weighted by atomic mass is 16.3. The van der Waals surface area contributed by atoms with Gasteiger partial charge in [-0.3, -0.25) is 9.59 Å². The zero-order valence-electron chi connectivity index (χ0n) is 17.3. The molecule has 0 amide bonds. The van der Waals surface area contributed by atoms with Crippen LogP contribution in [-0.2, 0) is 0 Å². The van der Waals surface area contributed by atoms with Crippen LogP contribution < -0.4 is 27.0 Å². The number of anilines is 3. The lowest BCUT2D eigenvalue weighted by Gasteiger charge is -2.24. The van der Waals surface area contributed by atoms with Gasteiger partial charge < -0.3 is 37.2 Å². The molecule has 3 rings (SSSR count). The fourth-order valence-electron chi connectivity index (χ4n) is 3.62. The van der Waals surface area contributed by atoms with Gasteiger partial charge in [0.2, 0.25) is 0 Å². The van der Waals surface area contributed by atoms with Crippen LogP contribution in [0.15, 0.2) is 30.3 Å². The van der Waals surface area contributed by atoms with Gasteiger partial charge >= 0.3 is 0 Å². The van der Waals surface area contributed by atoms with Crippen molar-refractivity contribution in [1.82, 2.24) is 10.6 Å². The summed E-state index contributed by atoms with van der Waals surface area (Å²) in [4.78, 5) is 26.8. The minimum Gasteiger partial charge on any atom is -0.398 e. The average Bonchev–Trinajstić information content (AvgIpc) is 2.77. The standard InChI is InChI=1S/C22H29N5O4/c23-15-3-1-2-14-18(15)22(31)20-17(27-9-7-25-11-13-29)5-4-16(19(20)21(14)30)26-8-6-24-10-12-28/h1-5,24-29H,6-13,23H2. The van der Waals surface area contributed by atoms with Gasteiger partial charge in [-0.25, -0.2) is 0 Å². The molecule has 0 fully saturated rings. The van der Waals surface area contributed by atoms with Crippen molar-refractivity contribution in [2.45, 2.75) is 0 Å². The maximum Gasteiger partial charge on any atom is 0.198 e. The second-order valence-electron chi connectivity index (χ2n) is 7.14. The number of carbonyl (C=O) groups is 2. The fraction of sp³-hybridized carbons (Fsp3) is 0.364. The van der Waals surface area contributed by atoms with Crippen LogP contribution in [0.5, 0.6) is 0 Å². The summed E-state index contributed by atoms with van der Waals surface area (Å²) in [5.74, 6) is -0.527. The van der Waals surface area contributed by atoms with E-state index in [1.54, 1.807) is 30.3 Å². The number of fused-ring (bicyclic) bond motifs is 2. The second kappa shape index (κ2) is 10.9. The van der Waals surface area contributed by atoms with Crippen LogP contribution in [0.2, 0.25) is 0 Å². The Labute approximate surface area is 181 Å². The zero-order chi connectivity index (χ0) is 22.2. The Morgan fingerprint density at radius 3 is 1.77 bits per heavy atom. The first-order valence-corrected chi connectivity index (χ1v) is 10.4. The van der Waals surface area contributed by atoms with Crippen molar-refractivity contribution in [1.29, 1.82) is 0 Å². The number of aliphatic hydroxyl groups excluding tert-OH is 2. The monoisotopic (exact) mass is 427 g/mol. The van der Waals surface area contributed by atoms with E-state index in [0.29, 0.717) is 67.3 Å². The molecule has 0 aliphatic heterocycles. The molecule has 1 aliphatic carbocycles. The van der Waals surface area contributed by atoms with Crippen LogP contribution in [0.1, 0.15) is 31.8 Å². The number of aliphatic hydroxyl groups is 2. The molecule has 0 unspecified atom stereocenters. The van der Waals surface area contributed by atoms with Crippen molar-refractivity contribution in [3.05, 3.63) is 52.6 Å². The lowest BCUT2D eigenvalue weighted by atomic mass is 9.81. The van der Waals surface area contributed by atoms with Crippen LogP contribution in [0.4, 0.5) is 17.1 Å². The van der Waals surface area contributed by atoms with Gasteiger partial charge in [0.05, 0.1) is 29.9 Å². The predicted octanol–water partition coefficient (Wildman–Crippen LogP) is 0.0318. The number of ketones is 2. The number of nitrogens with two attached hydrogens (primary N) is 1. The van der Waals surface area contributed by atoms with Crippen LogP contribution in [0.25, 0.3) is 0 Å². The van der Waals surface area contributed by atoms with Crippen LogP contribution in [0, 0.1) is 0 Å². The van der Waals surface area contributed by atoms with Crippen molar-refractivity contribution in [2.75, 3.05) is 68.8 Å². The normalized spacial score (nSPS) is 12.5. The molecule has 31 heavy (non-hydrogen) atoms. The summed E-state index contributed by atoms with van der Waals surface area (Å²) in [6, 6.07) is 8.49. The summed E-state index contributed by atoms with van der Waals surface area (Å²) >= 11 is 0. The molecule has 9 heteroatoms. The number of rotatable bonds is 12. The SMILES string of the molecule is Nc1cccc2c1C(=O)c1c(NCCNCCO)ccc(NCCNCCO)c1C2=O. The summed E-state index contributed by atoms with van der Waals surface area (Å²) in [5.41, 5.74) is 8.67. The van der Waals surface area contributed by atoms with Crippen molar-refractivity contribution >= 4 is 28.6 Å². The smallest absolute Gasteiger partial charge is 0.198 e. The van der Waals surface area contributed by atoms with Gasteiger partial charge in [-0.2, -0.15) is 0 Å². The zero-order valence-corrected chi connectivity index (χ0v) is 17.3. The van der Waals surface area contributed by atoms with Crippen molar-refractivity contribution in [3.8, 4) is 0 Å². The van der Waals surface area contributed by atoms with Crippen molar-refractivity contribution < 1.29 is 19.8 Å². The molecule has 2 aromatic rings. The van der Waals surface area contributed by atoms with Crippen molar-refractivity contribution in [2.24, 2.45) is 0 Å². The summed E-state index contributed by atoms with van der Waals surface area (Å²) in [5, 5.41) is 30.3. The van der Waals surface area contributed by atoms with Gasteiger partial charge in [0.25, 0.3) is 0 Å². The van der Waals surface area contributed by atoms with Gasteiger partial charge in [0.1, 0.15) is 0 Å². The van der Waals surface area contributed by atoms with E-state index in [1.165, 1.54) is 0 Å². The Bertz CT molecular complexity index is 948. The Morgan fingerprint density at radius 1 is 0.677 bits per heavy atom. The number of hydrogen-bond donors (Lipinski definition) is 7. The van der Waals surface area contributed by atoms with Gasteiger partial charge in [-0.15, -0.1) is 0 Å².